The Hall–Kier alpha value is -3.26. The molecular formula is C17H15ClN4O4. The molecule has 0 spiro atoms. The summed E-state index contributed by atoms with van der Waals surface area (Å²) in [6.45, 7) is 0. The molecule has 8 nitrogen and oxygen atoms in total. The van der Waals surface area contributed by atoms with Gasteiger partial charge in [-0.15, -0.1) is 0 Å². The van der Waals surface area contributed by atoms with Gasteiger partial charge in [0.25, 0.3) is 0 Å². The first kappa shape index (κ1) is 17.6. The van der Waals surface area contributed by atoms with Crippen molar-refractivity contribution in [3.05, 3.63) is 41.7 Å². The summed E-state index contributed by atoms with van der Waals surface area (Å²) in [6, 6.07) is 7.49. The number of aromatic nitrogens is 2. The molecule has 0 saturated heterocycles. The van der Waals surface area contributed by atoms with E-state index >= 15 is 0 Å². The van der Waals surface area contributed by atoms with Crippen molar-refractivity contribution in [3.8, 4) is 23.1 Å². The maximum atomic E-state index is 11.1. The molecule has 0 unspecified atom stereocenters. The number of nitrogens with zero attached hydrogens (tertiary/aromatic N) is 2. The summed E-state index contributed by atoms with van der Waals surface area (Å²) in [5.41, 5.74) is 6.08. The van der Waals surface area contributed by atoms with E-state index < -0.39 is 6.03 Å². The van der Waals surface area contributed by atoms with Gasteiger partial charge in [-0.2, -0.15) is 0 Å². The number of urea groups is 1. The van der Waals surface area contributed by atoms with Crippen molar-refractivity contribution in [2.75, 3.05) is 19.5 Å². The molecule has 0 radical (unpaired) electrons. The number of benzene rings is 2. The molecular weight excluding hydrogens is 360 g/mol. The monoisotopic (exact) mass is 374 g/mol. The third-order valence-corrected chi connectivity index (χ3v) is 3.84. The Morgan fingerprint density at radius 1 is 1.12 bits per heavy atom. The number of amides is 2. The molecule has 1 heterocycles. The smallest absolute Gasteiger partial charge is 0.316 e. The summed E-state index contributed by atoms with van der Waals surface area (Å²) in [4.78, 5) is 19.5. The first-order chi connectivity index (χ1) is 12.5. The zero-order chi connectivity index (χ0) is 18.7. The fourth-order valence-electron chi connectivity index (χ4n) is 2.35. The van der Waals surface area contributed by atoms with Crippen LogP contribution in [0.2, 0.25) is 5.02 Å². The van der Waals surface area contributed by atoms with Crippen LogP contribution in [-0.2, 0) is 0 Å². The number of anilines is 1. The molecule has 0 aliphatic rings. The van der Waals surface area contributed by atoms with Crippen LogP contribution in [0.25, 0.3) is 10.9 Å². The number of hydrogen-bond donors (Lipinski definition) is 2. The van der Waals surface area contributed by atoms with Gasteiger partial charge in [-0.05, 0) is 18.2 Å². The molecule has 26 heavy (non-hydrogen) atoms. The van der Waals surface area contributed by atoms with Crippen LogP contribution < -0.4 is 25.3 Å². The van der Waals surface area contributed by atoms with Gasteiger partial charge in [0.05, 0.1) is 35.8 Å². The Bertz CT molecular complexity index is 980. The van der Waals surface area contributed by atoms with E-state index in [1.54, 1.807) is 37.4 Å². The highest BCUT2D eigenvalue weighted by molar-refractivity contribution is 6.33. The summed E-state index contributed by atoms with van der Waals surface area (Å²) in [7, 11) is 3.08. The van der Waals surface area contributed by atoms with Crippen molar-refractivity contribution in [2.24, 2.45) is 5.73 Å². The molecule has 0 atom stereocenters. The van der Waals surface area contributed by atoms with Gasteiger partial charge in [-0.3, -0.25) is 0 Å². The van der Waals surface area contributed by atoms with E-state index in [0.717, 1.165) is 0 Å². The maximum absolute atomic E-state index is 11.1. The van der Waals surface area contributed by atoms with Gasteiger partial charge in [-0.1, -0.05) is 11.6 Å². The number of ether oxygens (including phenoxy) is 3. The average molecular weight is 375 g/mol. The van der Waals surface area contributed by atoms with Crippen molar-refractivity contribution in [2.45, 2.75) is 0 Å². The number of carbonyl (C=O) groups excluding carboxylic acids is 1. The molecule has 1 aromatic heterocycles. The Labute approximate surface area is 153 Å². The van der Waals surface area contributed by atoms with Crippen molar-refractivity contribution in [1.29, 1.82) is 0 Å². The SMILES string of the molecule is COc1cc2ncnc(Oc3ccc(Cl)c(NC(N)=O)c3)c2cc1OC. The minimum atomic E-state index is -0.728. The Kier molecular flexibility index (Phi) is 4.94. The van der Waals surface area contributed by atoms with Crippen LogP contribution in [0, 0.1) is 0 Å². The fourth-order valence-corrected chi connectivity index (χ4v) is 2.51. The van der Waals surface area contributed by atoms with Crippen LogP contribution in [0.4, 0.5) is 10.5 Å². The predicted molar refractivity (Wildman–Crippen MR) is 97.4 cm³/mol. The molecule has 3 N–H and O–H groups in total. The van der Waals surface area contributed by atoms with Crippen LogP contribution in [0.5, 0.6) is 23.1 Å². The summed E-state index contributed by atoms with van der Waals surface area (Å²) in [5.74, 6) is 1.78. The van der Waals surface area contributed by atoms with Crippen LogP contribution in [0.1, 0.15) is 0 Å². The highest BCUT2D eigenvalue weighted by atomic mass is 35.5. The first-order valence-electron chi connectivity index (χ1n) is 7.42. The van der Waals surface area contributed by atoms with Gasteiger partial charge in [0.2, 0.25) is 5.88 Å². The van der Waals surface area contributed by atoms with Crippen molar-refractivity contribution in [1.82, 2.24) is 9.97 Å². The second-order valence-electron chi connectivity index (χ2n) is 5.14. The summed E-state index contributed by atoms with van der Waals surface area (Å²) >= 11 is 6.03. The van der Waals surface area contributed by atoms with E-state index in [1.807, 2.05) is 0 Å². The van der Waals surface area contributed by atoms with Gasteiger partial charge in [-0.25, -0.2) is 14.8 Å². The highest BCUT2D eigenvalue weighted by Gasteiger charge is 2.13. The molecule has 2 aromatic carbocycles. The second-order valence-corrected chi connectivity index (χ2v) is 5.54. The number of rotatable bonds is 5. The minimum absolute atomic E-state index is 0.309. The van der Waals surface area contributed by atoms with Crippen molar-refractivity contribution in [3.63, 3.8) is 0 Å². The molecule has 0 aliphatic carbocycles. The number of nitrogens with two attached hydrogens (primary N) is 1. The lowest BCUT2D eigenvalue weighted by molar-refractivity contribution is 0.259. The summed E-state index contributed by atoms with van der Waals surface area (Å²) in [5, 5.41) is 3.39. The van der Waals surface area contributed by atoms with Crippen LogP contribution in [0.3, 0.4) is 0 Å². The largest absolute Gasteiger partial charge is 0.493 e. The summed E-state index contributed by atoms with van der Waals surface area (Å²) < 4.78 is 16.4. The minimum Gasteiger partial charge on any atom is -0.493 e. The number of fused-ring (bicyclic) bond motifs is 1. The van der Waals surface area contributed by atoms with Crippen molar-refractivity contribution >= 4 is 34.2 Å². The van der Waals surface area contributed by atoms with E-state index in [4.69, 9.17) is 31.5 Å². The lowest BCUT2D eigenvalue weighted by atomic mass is 10.2. The average Bonchev–Trinajstić information content (AvgIpc) is 2.63. The lowest BCUT2D eigenvalue weighted by Gasteiger charge is -2.12. The topological polar surface area (TPSA) is 109 Å². The third-order valence-electron chi connectivity index (χ3n) is 3.51. The molecule has 0 aliphatic heterocycles. The maximum Gasteiger partial charge on any atom is 0.316 e. The van der Waals surface area contributed by atoms with E-state index in [2.05, 4.69) is 15.3 Å². The van der Waals surface area contributed by atoms with E-state index in [-0.39, 0.29) is 0 Å². The van der Waals surface area contributed by atoms with E-state index in [9.17, 15) is 4.79 Å². The quantitative estimate of drug-likeness (QED) is 0.706. The molecule has 3 aromatic rings. The predicted octanol–water partition coefficient (Wildman–Crippen LogP) is 3.58. The first-order valence-corrected chi connectivity index (χ1v) is 7.80. The standard InChI is InChI=1S/C17H15ClN4O4/c1-24-14-6-10-12(7-15(14)25-2)20-8-21-16(10)26-9-3-4-11(18)13(5-9)22-17(19)23/h3-8H,1-2H3,(H3,19,22,23). The summed E-state index contributed by atoms with van der Waals surface area (Å²) in [6.07, 6.45) is 1.38. The zero-order valence-electron chi connectivity index (χ0n) is 13.9. The molecule has 2 amide bonds. The van der Waals surface area contributed by atoms with Gasteiger partial charge in [0.15, 0.2) is 11.5 Å². The zero-order valence-corrected chi connectivity index (χ0v) is 14.7. The van der Waals surface area contributed by atoms with Gasteiger partial charge in [0.1, 0.15) is 12.1 Å². The lowest BCUT2D eigenvalue weighted by Crippen LogP contribution is -2.19. The number of primary amides is 1. The molecule has 0 fully saturated rings. The molecule has 3 rings (SSSR count). The second kappa shape index (κ2) is 7.32. The fraction of sp³-hybridized carbons (Fsp3) is 0.118. The van der Waals surface area contributed by atoms with Crippen LogP contribution >= 0.6 is 11.6 Å². The molecule has 0 bridgehead atoms. The molecule has 0 saturated carbocycles. The number of halogens is 1. The number of hydrogen-bond acceptors (Lipinski definition) is 6. The van der Waals surface area contributed by atoms with Gasteiger partial charge in [0, 0.05) is 12.1 Å². The van der Waals surface area contributed by atoms with Gasteiger partial charge < -0.3 is 25.3 Å². The van der Waals surface area contributed by atoms with Crippen molar-refractivity contribution < 1.29 is 19.0 Å². The highest BCUT2D eigenvalue weighted by Crippen LogP contribution is 2.36. The Morgan fingerprint density at radius 3 is 2.54 bits per heavy atom. The van der Waals surface area contributed by atoms with Crippen LogP contribution in [-0.4, -0.2) is 30.2 Å². The van der Waals surface area contributed by atoms with Crippen LogP contribution in [0.15, 0.2) is 36.7 Å². The molecule has 134 valence electrons. The number of methoxy groups -OCH3 is 2. The Morgan fingerprint density at radius 2 is 1.85 bits per heavy atom. The Balaban J connectivity index is 2.02. The van der Waals surface area contributed by atoms with Gasteiger partial charge >= 0.3 is 6.03 Å². The van der Waals surface area contributed by atoms with E-state index in [0.29, 0.717) is 44.7 Å². The van der Waals surface area contributed by atoms with E-state index in [1.165, 1.54) is 13.4 Å². The third kappa shape index (κ3) is 3.55. The number of carbonyl (C=O) groups is 1. The normalized spacial score (nSPS) is 10.4. The number of nitrogens with one attached hydrogen (secondary N) is 1. The molecule has 9 heteroatoms.